The van der Waals surface area contributed by atoms with Gasteiger partial charge in [0.1, 0.15) is 29.0 Å². The predicted molar refractivity (Wildman–Crippen MR) is 149 cm³/mol. The zero-order chi connectivity index (χ0) is 28.9. The second kappa shape index (κ2) is 11.9. The van der Waals surface area contributed by atoms with E-state index in [1.807, 2.05) is 0 Å². The van der Waals surface area contributed by atoms with Crippen LogP contribution in [0.5, 0.6) is 23.0 Å². The molecule has 1 aromatic heterocycles. The molecule has 0 unspecified atom stereocenters. The minimum atomic E-state index is -0.931. The van der Waals surface area contributed by atoms with E-state index in [-0.39, 0.29) is 23.7 Å². The molecule has 0 fully saturated rings. The number of carbonyl (C=O) groups excluding carboxylic acids is 1. The number of fused-ring (bicyclic) bond motifs is 1. The fraction of sp³-hybridized carbons (Fsp3) is 0.0968. The summed E-state index contributed by atoms with van der Waals surface area (Å²) in [5, 5.41) is 3.09. The van der Waals surface area contributed by atoms with Crippen LogP contribution in [0.4, 0.5) is 29.3 Å². The second-order valence-corrected chi connectivity index (χ2v) is 8.87. The predicted octanol–water partition coefficient (Wildman–Crippen LogP) is 7.70. The van der Waals surface area contributed by atoms with Gasteiger partial charge in [-0.05, 0) is 42.0 Å². The number of nitrogens with one attached hydrogen (secondary N) is 1. The van der Waals surface area contributed by atoms with Gasteiger partial charge in [-0.1, -0.05) is 30.3 Å². The molecule has 5 rings (SSSR count). The van der Waals surface area contributed by atoms with Gasteiger partial charge in [0.15, 0.2) is 11.5 Å². The molecule has 0 aliphatic heterocycles. The SMILES string of the molecule is COc1cc2nccc(Oc3ccc(NC(=O)N(Cc4ccccc4)c4ccc(F)cc4F)c(F)c3)c2cc1OC. The molecule has 2 amide bonds. The summed E-state index contributed by atoms with van der Waals surface area (Å²) in [7, 11) is 3.03. The number of hydrogen-bond acceptors (Lipinski definition) is 5. The number of aromatic nitrogens is 1. The third kappa shape index (κ3) is 6.01. The lowest BCUT2D eigenvalue weighted by molar-refractivity contribution is 0.256. The van der Waals surface area contributed by atoms with E-state index in [0.717, 1.165) is 23.1 Å². The Morgan fingerprint density at radius 2 is 1.59 bits per heavy atom. The lowest BCUT2D eigenvalue weighted by Gasteiger charge is -2.24. The first kappa shape index (κ1) is 27.3. The third-order valence-corrected chi connectivity index (χ3v) is 6.25. The lowest BCUT2D eigenvalue weighted by atomic mass is 10.2. The standard InChI is InChI=1S/C31H24F3N3O4/c1-39-29-16-22-26(17-30(29)40-2)35-13-12-28(22)41-21-9-10-25(23(33)15-21)36-31(38)37(18-19-6-4-3-5-7-19)27-11-8-20(32)14-24(27)34/h3-17H,18H2,1-2H3,(H,36,38). The Kier molecular flexibility index (Phi) is 7.91. The van der Waals surface area contributed by atoms with Crippen molar-refractivity contribution in [3.05, 3.63) is 114 Å². The van der Waals surface area contributed by atoms with Crippen LogP contribution in [0.3, 0.4) is 0 Å². The van der Waals surface area contributed by atoms with Crippen LogP contribution in [0.25, 0.3) is 10.9 Å². The molecule has 0 saturated heterocycles. The van der Waals surface area contributed by atoms with Crippen molar-refractivity contribution in [1.82, 2.24) is 4.98 Å². The van der Waals surface area contributed by atoms with E-state index in [0.29, 0.717) is 39.8 Å². The van der Waals surface area contributed by atoms with Gasteiger partial charge in [-0.15, -0.1) is 0 Å². The number of ether oxygens (including phenoxy) is 3. The minimum absolute atomic E-state index is 0.0403. The number of anilines is 2. The van der Waals surface area contributed by atoms with Crippen molar-refractivity contribution in [2.24, 2.45) is 0 Å². The molecule has 0 aliphatic carbocycles. The van der Waals surface area contributed by atoms with Crippen molar-refractivity contribution in [3.63, 3.8) is 0 Å². The maximum absolute atomic E-state index is 15.2. The van der Waals surface area contributed by atoms with E-state index < -0.39 is 23.5 Å². The summed E-state index contributed by atoms with van der Waals surface area (Å²) in [5.41, 5.74) is 0.948. The summed E-state index contributed by atoms with van der Waals surface area (Å²) in [4.78, 5) is 18.7. The first-order valence-electron chi connectivity index (χ1n) is 12.4. The number of halogens is 3. The van der Waals surface area contributed by atoms with Crippen LogP contribution in [0, 0.1) is 17.5 Å². The van der Waals surface area contributed by atoms with E-state index in [1.54, 1.807) is 54.7 Å². The number of urea groups is 1. The molecule has 0 radical (unpaired) electrons. The summed E-state index contributed by atoms with van der Waals surface area (Å²) in [6.07, 6.45) is 1.55. The summed E-state index contributed by atoms with van der Waals surface area (Å²) in [6.45, 7) is -0.0403. The van der Waals surface area contributed by atoms with Crippen molar-refractivity contribution in [2.45, 2.75) is 6.54 Å². The van der Waals surface area contributed by atoms with Gasteiger partial charge in [0.25, 0.3) is 0 Å². The van der Waals surface area contributed by atoms with E-state index >= 15 is 4.39 Å². The van der Waals surface area contributed by atoms with Gasteiger partial charge >= 0.3 is 6.03 Å². The summed E-state index contributed by atoms with van der Waals surface area (Å²) in [5.74, 6) is -0.974. The molecular formula is C31H24F3N3O4. The van der Waals surface area contributed by atoms with Crippen LogP contribution in [0.15, 0.2) is 91.1 Å². The summed E-state index contributed by atoms with van der Waals surface area (Å²) >= 11 is 0. The molecule has 0 saturated carbocycles. The zero-order valence-electron chi connectivity index (χ0n) is 22.0. The van der Waals surface area contributed by atoms with Crippen LogP contribution in [-0.4, -0.2) is 25.2 Å². The highest BCUT2D eigenvalue weighted by molar-refractivity contribution is 6.01. The van der Waals surface area contributed by atoms with Gasteiger partial charge in [-0.25, -0.2) is 18.0 Å². The van der Waals surface area contributed by atoms with Crippen LogP contribution in [0.2, 0.25) is 0 Å². The van der Waals surface area contributed by atoms with E-state index in [4.69, 9.17) is 14.2 Å². The lowest BCUT2D eigenvalue weighted by Crippen LogP contribution is -2.35. The number of nitrogens with zero attached hydrogens (tertiary/aromatic N) is 2. The fourth-order valence-corrected chi connectivity index (χ4v) is 4.24. The van der Waals surface area contributed by atoms with E-state index in [1.165, 1.54) is 26.4 Å². The number of hydrogen-bond donors (Lipinski definition) is 1. The van der Waals surface area contributed by atoms with Crippen LogP contribution in [0.1, 0.15) is 5.56 Å². The Bertz CT molecular complexity index is 1720. The molecule has 7 nitrogen and oxygen atoms in total. The van der Waals surface area contributed by atoms with Gasteiger partial charge < -0.3 is 19.5 Å². The fourth-order valence-electron chi connectivity index (χ4n) is 4.24. The number of benzene rings is 4. The third-order valence-electron chi connectivity index (χ3n) is 6.25. The normalized spacial score (nSPS) is 10.8. The molecule has 4 aromatic carbocycles. The minimum Gasteiger partial charge on any atom is -0.493 e. The van der Waals surface area contributed by atoms with Crippen molar-refractivity contribution in [1.29, 1.82) is 0 Å². The largest absolute Gasteiger partial charge is 0.493 e. The Balaban J connectivity index is 1.40. The highest BCUT2D eigenvalue weighted by atomic mass is 19.1. The quantitative estimate of drug-likeness (QED) is 0.211. The number of pyridine rings is 1. The Morgan fingerprint density at radius 1 is 0.829 bits per heavy atom. The molecule has 208 valence electrons. The first-order valence-corrected chi connectivity index (χ1v) is 12.4. The molecule has 5 aromatic rings. The average Bonchev–Trinajstić information content (AvgIpc) is 2.97. The molecule has 10 heteroatoms. The van der Waals surface area contributed by atoms with Gasteiger partial charge in [0.2, 0.25) is 0 Å². The van der Waals surface area contributed by atoms with Crippen LogP contribution < -0.4 is 24.4 Å². The topological polar surface area (TPSA) is 72.9 Å². The molecule has 0 aliphatic rings. The van der Waals surface area contributed by atoms with E-state index in [2.05, 4.69) is 10.3 Å². The van der Waals surface area contributed by atoms with Gasteiger partial charge in [0.05, 0.1) is 37.7 Å². The number of carbonyl (C=O) groups is 1. The molecular weight excluding hydrogens is 535 g/mol. The summed E-state index contributed by atoms with van der Waals surface area (Å²) < 4.78 is 60.0. The first-order chi connectivity index (χ1) is 19.9. The van der Waals surface area contributed by atoms with Gasteiger partial charge in [-0.2, -0.15) is 0 Å². The number of methoxy groups -OCH3 is 2. The smallest absolute Gasteiger partial charge is 0.326 e. The number of rotatable bonds is 8. The monoisotopic (exact) mass is 559 g/mol. The van der Waals surface area contributed by atoms with Gasteiger partial charge in [-0.3, -0.25) is 9.88 Å². The molecule has 0 bridgehead atoms. The zero-order valence-corrected chi connectivity index (χ0v) is 22.0. The Hall–Kier alpha value is -5.25. The number of amides is 2. The van der Waals surface area contributed by atoms with Crippen molar-refractivity contribution < 1.29 is 32.2 Å². The van der Waals surface area contributed by atoms with Crippen LogP contribution >= 0.6 is 0 Å². The molecule has 1 heterocycles. The van der Waals surface area contributed by atoms with Crippen LogP contribution in [-0.2, 0) is 6.54 Å². The Labute approximate surface area is 233 Å². The maximum atomic E-state index is 15.2. The molecule has 1 N–H and O–H groups in total. The maximum Gasteiger partial charge on any atom is 0.326 e. The van der Waals surface area contributed by atoms with Crippen molar-refractivity contribution in [2.75, 3.05) is 24.4 Å². The highest BCUT2D eigenvalue weighted by Crippen LogP contribution is 2.37. The second-order valence-electron chi connectivity index (χ2n) is 8.87. The highest BCUT2D eigenvalue weighted by Gasteiger charge is 2.22. The molecule has 0 spiro atoms. The molecule has 41 heavy (non-hydrogen) atoms. The average molecular weight is 560 g/mol. The molecule has 0 atom stereocenters. The van der Waals surface area contributed by atoms with Crippen molar-refractivity contribution in [3.8, 4) is 23.0 Å². The van der Waals surface area contributed by atoms with E-state index in [9.17, 15) is 13.6 Å². The summed E-state index contributed by atoms with van der Waals surface area (Å²) in [6, 6.07) is 19.9. The Morgan fingerprint density at radius 3 is 2.29 bits per heavy atom. The van der Waals surface area contributed by atoms with Crippen molar-refractivity contribution >= 4 is 28.3 Å². The van der Waals surface area contributed by atoms with Gasteiger partial charge in [0, 0.05) is 29.8 Å².